The van der Waals surface area contributed by atoms with E-state index >= 15 is 0 Å². The molecule has 1 saturated carbocycles. The van der Waals surface area contributed by atoms with E-state index in [9.17, 15) is 5.11 Å². The molecule has 2 heteroatoms. The highest BCUT2D eigenvalue weighted by molar-refractivity contribution is 4.97. The lowest BCUT2D eigenvalue weighted by atomic mass is 9.88. The maximum atomic E-state index is 10.4. The molecule has 0 spiro atoms. The summed E-state index contributed by atoms with van der Waals surface area (Å²) in [6.07, 6.45) is 2.10. The summed E-state index contributed by atoms with van der Waals surface area (Å²) >= 11 is 0. The van der Waals surface area contributed by atoms with Gasteiger partial charge in [-0.15, -0.1) is 0 Å². The third-order valence-corrected chi connectivity index (χ3v) is 3.91. The fourth-order valence-electron chi connectivity index (χ4n) is 2.84. The molecule has 0 radical (unpaired) electrons. The smallest absolute Gasteiger partial charge is 0.0746 e. The molecule has 1 aliphatic carbocycles. The normalized spacial score (nSPS) is 29.6. The van der Waals surface area contributed by atoms with Crippen LogP contribution in [0.25, 0.3) is 0 Å². The van der Waals surface area contributed by atoms with Crippen LogP contribution in [0.5, 0.6) is 0 Å². The van der Waals surface area contributed by atoms with Crippen LogP contribution in [0.4, 0.5) is 0 Å². The van der Waals surface area contributed by atoms with E-state index in [-0.39, 0.29) is 11.5 Å². The van der Waals surface area contributed by atoms with E-state index in [1.165, 1.54) is 0 Å². The number of hydrogen-bond donors (Lipinski definition) is 1. The van der Waals surface area contributed by atoms with Crippen molar-refractivity contribution in [1.29, 1.82) is 0 Å². The molecule has 96 valence electrons. The quantitative estimate of drug-likeness (QED) is 0.798. The van der Waals surface area contributed by atoms with Crippen LogP contribution in [-0.4, -0.2) is 34.7 Å². The van der Waals surface area contributed by atoms with Crippen LogP contribution >= 0.6 is 0 Å². The van der Waals surface area contributed by atoms with E-state index in [1.807, 2.05) is 0 Å². The lowest BCUT2D eigenvalue weighted by Crippen LogP contribution is -2.48. The topological polar surface area (TPSA) is 23.5 Å². The molecule has 2 nitrogen and oxygen atoms in total. The molecule has 0 aromatic heterocycles. The standard InChI is InChI=1S/C14H29NO/c1-10(2)9-15(11(3)4)12-7-8-14(5,6)13(12)16/h10-13,16H,7-9H2,1-6H3. The largest absolute Gasteiger partial charge is 0.391 e. The summed E-state index contributed by atoms with van der Waals surface area (Å²) in [7, 11) is 0. The Balaban J connectivity index is 2.73. The van der Waals surface area contributed by atoms with Crippen LogP contribution in [-0.2, 0) is 0 Å². The molecule has 1 rings (SSSR count). The fraction of sp³-hybridized carbons (Fsp3) is 1.00. The number of hydrogen-bond acceptors (Lipinski definition) is 2. The van der Waals surface area contributed by atoms with Crippen molar-refractivity contribution in [2.24, 2.45) is 11.3 Å². The molecule has 1 N–H and O–H groups in total. The Labute approximate surface area is 101 Å². The first-order valence-electron chi connectivity index (χ1n) is 6.69. The van der Waals surface area contributed by atoms with Gasteiger partial charge in [0.1, 0.15) is 0 Å². The van der Waals surface area contributed by atoms with Crippen LogP contribution in [0.3, 0.4) is 0 Å². The maximum Gasteiger partial charge on any atom is 0.0746 e. The van der Waals surface area contributed by atoms with Crippen LogP contribution in [0.2, 0.25) is 0 Å². The number of aliphatic hydroxyl groups is 1. The summed E-state index contributed by atoms with van der Waals surface area (Å²) in [5.74, 6) is 0.665. The van der Waals surface area contributed by atoms with Gasteiger partial charge in [-0.1, -0.05) is 27.7 Å². The molecule has 0 saturated heterocycles. The van der Waals surface area contributed by atoms with E-state index in [0.717, 1.165) is 19.4 Å². The summed E-state index contributed by atoms with van der Waals surface area (Å²) in [4.78, 5) is 2.49. The summed E-state index contributed by atoms with van der Waals surface area (Å²) in [6, 6.07) is 0.883. The summed E-state index contributed by atoms with van der Waals surface area (Å²) < 4.78 is 0. The lowest BCUT2D eigenvalue weighted by Gasteiger charge is -2.37. The van der Waals surface area contributed by atoms with Crippen LogP contribution in [0, 0.1) is 11.3 Å². The van der Waals surface area contributed by atoms with E-state index in [0.29, 0.717) is 18.0 Å². The molecule has 2 unspecified atom stereocenters. The maximum absolute atomic E-state index is 10.4. The summed E-state index contributed by atoms with van der Waals surface area (Å²) in [5.41, 5.74) is 0.0920. The summed E-state index contributed by atoms with van der Waals surface area (Å²) in [6.45, 7) is 14.4. The molecule has 0 amide bonds. The molecule has 0 aromatic carbocycles. The minimum Gasteiger partial charge on any atom is -0.391 e. The van der Waals surface area contributed by atoms with Gasteiger partial charge in [0, 0.05) is 18.6 Å². The average molecular weight is 227 g/mol. The Morgan fingerprint density at radius 3 is 2.12 bits per heavy atom. The zero-order valence-corrected chi connectivity index (χ0v) is 11.8. The van der Waals surface area contributed by atoms with Gasteiger partial charge in [0.2, 0.25) is 0 Å². The van der Waals surface area contributed by atoms with Crippen LogP contribution < -0.4 is 0 Å². The van der Waals surface area contributed by atoms with Crippen molar-refractivity contribution in [2.75, 3.05) is 6.54 Å². The summed E-state index contributed by atoms with van der Waals surface area (Å²) in [5, 5.41) is 10.4. The van der Waals surface area contributed by atoms with Crippen molar-refractivity contribution < 1.29 is 5.11 Å². The van der Waals surface area contributed by atoms with E-state index in [1.54, 1.807) is 0 Å². The Morgan fingerprint density at radius 1 is 1.25 bits per heavy atom. The van der Waals surface area contributed by atoms with Crippen molar-refractivity contribution in [1.82, 2.24) is 4.90 Å². The van der Waals surface area contributed by atoms with Crippen molar-refractivity contribution in [2.45, 2.75) is 72.6 Å². The van der Waals surface area contributed by atoms with Gasteiger partial charge < -0.3 is 5.11 Å². The Kier molecular flexibility index (Phi) is 4.42. The van der Waals surface area contributed by atoms with Gasteiger partial charge in [-0.05, 0) is 38.0 Å². The molecular weight excluding hydrogens is 198 g/mol. The average Bonchev–Trinajstić information content (AvgIpc) is 2.39. The predicted molar refractivity (Wildman–Crippen MR) is 69.5 cm³/mol. The van der Waals surface area contributed by atoms with Crippen molar-refractivity contribution >= 4 is 0 Å². The second-order valence-corrected chi connectivity index (χ2v) is 6.72. The van der Waals surface area contributed by atoms with Gasteiger partial charge >= 0.3 is 0 Å². The Bertz CT molecular complexity index is 223. The van der Waals surface area contributed by atoms with Gasteiger partial charge in [-0.3, -0.25) is 4.90 Å². The van der Waals surface area contributed by atoms with E-state index in [2.05, 4.69) is 46.4 Å². The lowest BCUT2D eigenvalue weighted by molar-refractivity contribution is -0.000707. The Morgan fingerprint density at radius 2 is 1.81 bits per heavy atom. The van der Waals surface area contributed by atoms with Crippen molar-refractivity contribution in [3.05, 3.63) is 0 Å². The fourth-order valence-corrected chi connectivity index (χ4v) is 2.84. The number of aliphatic hydroxyl groups excluding tert-OH is 1. The first-order valence-corrected chi connectivity index (χ1v) is 6.69. The van der Waals surface area contributed by atoms with Gasteiger partial charge in [0.05, 0.1) is 6.10 Å². The molecular formula is C14H29NO. The van der Waals surface area contributed by atoms with Crippen LogP contribution in [0.15, 0.2) is 0 Å². The third kappa shape index (κ3) is 2.98. The molecule has 1 aliphatic rings. The molecule has 2 atom stereocenters. The van der Waals surface area contributed by atoms with Crippen molar-refractivity contribution in [3.63, 3.8) is 0 Å². The SMILES string of the molecule is CC(C)CN(C(C)C)C1CCC(C)(C)C1O. The number of rotatable bonds is 4. The van der Waals surface area contributed by atoms with Crippen molar-refractivity contribution in [3.8, 4) is 0 Å². The van der Waals surface area contributed by atoms with E-state index in [4.69, 9.17) is 0 Å². The van der Waals surface area contributed by atoms with E-state index < -0.39 is 0 Å². The molecule has 1 fully saturated rings. The van der Waals surface area contributed by atoms with Crippen LogP contribution in [0.1, 0.15) is 54.4 Å². The second-order valence-electron chi connectivity index (χ2n) is 6.72. The molecule has 0 bridgehead atoms. The highest BCUT2D eigenvalue weighted by Crippen LogP contribution is 2.40. The minimum absolute atomic E-state index is 0.0920. The molecule has 0 aromatic rings. The predicted octanol–water partition coefficient (Wildman–Crippen LogP) is 2.90. The highest BCUT2D eigenvalue weighted by Gasteiger charge is 2.43. The van der Waals surface area contributed by atoms with Gasteiger partial charge in [0.15, 0.2) is 0 Å². The molecule has 0 heterocycles. The van der Waals surface area contributed by atoms with Gasteiger partial charge in [-0.2, -0.15) is 0 Å². The zero-order chi connectivity index (χ0) is 12.5. The first kappa shape index (κ1) is 14.0. The highest BCUT2D eigenvalue weighted by atomic mass is 16.3. The molecule has 0 aliphatic heterocycles. The zero-order valence-electron chi connectivity index (χ0n) is 11.8. The van der Waals surface area contributed by atoms with Gasteiger partial charge in [-0.25, -0.2) is 0 Å². The Hall–Kier alpha value is -0.0800. The monoisotopic (exact) mass is 227 g/mol. The van der Waals surface area contributed by atoms with Gasteiger partial charge in [0.25, 0.3) is 0 Å². The number of nitrogens with zero attached hydrogens (tertiary/aromatic N) is 1. The first-order chi connectivity index (χ1) is 7.25. The third-order valence-electron chi connectivity index (χ3n) is 3.91. The second kappa shape index (κ2) is 5.05. The minimum atomic E-state index is -0.173. The molecule has 16 heavy (non-hydrogen) atoms.